The van der Waals surface area contributed by atoms with Crippen LogP contribution in [-0.2, 0) is 11.3 Å². The van der Waals surface area contributed by atoms with Crippen molar-refractivity contribution in [3.8, 4) is 22.9 Å². The number of nitrogens with zero attached hydrogens (tertiary/aromatic N) is 2. The number of ether oxygens (including phenoxy) is 2. The third-order valence-electron chi connectivity index (χ3n) is 4.72. The van der Waals surface area contributed by atoms with Crippen molar-refractivity contribution in [1.82, 2.24) is 9.97 Å². The van der Waals surface area contributed by atoms with Gasteiger partial charge >= 0.3 is 0 Å². The van der Waals surface area contributed by atoms with Gasteiger partial charge in [0.25, 0.3) is 0 Å². The van der Waals surface area contributed by atoms with E-state index >= 15 is 0 Å². The summed E-state index contributed by atoms with van der Waals surface area (Å²) in [4.78, 5) is 10.3. The van der Waals surface area contributed by atoms with E-state index in [2.05, 4.69) is 9.71 Å². The standard InChI is InChI=1S/C25H24N4O2S/c1-17-8-3-6-13-23(17)31-24-15-22(21-12-5-4-9-18(21)16-30-2)27-25(28-24)29-32-20-11-7-10-19(26)14-20/h3-15H,16,26H2,1-2H3,(H,27,28,29). The second kappa shape index (κ2) is 10.2. The molecule has 0 saturated carbocycles. The Kier molecular flexibility index (Phi) is 6.89. The molecule has 0 aliphatic rings. The van der Waals surface area contributed by atoms with E-state index in [-0.39, 0.29) is 0 Å². The van der Waals surface area contributed by atoms with Gasteiger partial charge in [0, 0.05) is 29.3 Å². The van der Waals surface area contributed by atoms with E-state index in [1.165, 1.54) is 11.9 Å². The first kappa shape index (κ1) is 21.7. The Balaban J connectivity index is 1.70. The topological polar surface area (TPSA) is 82.3 Å². The van der Waals surface area contributed by atoms with Crippen LogP contribution in [0.4, 0.5) is 11.6 Å². The van der Waals surface area contributed by atoms with Crippen molar-refractivity contribution < 1.29 is 9.47 Å². The molecule has 1 heterocycles. The van der Waals surface area contributed by atoms with Crippen molar-refractivity contribution in [2.75, 3.05) is 17.6 Å². The third kappa shape index (κ3) is 5.38. The number of rotatable bonds is 8. The fourth-order valence-corrected chi connectivity index (χ4v) is 3.82. The molecule has 3 aromatic carbocycles. The summed E-state index contributed by atoms with van der Waals surface area (Å²) in [6.07, 6.45) is 0. The first-order chi connectivity index (χ1) is 15.6. The van der Waals surface area contributed by atoms with Gasteiger partial charge in [-0.25, -0.2) is 4.98 Å². The molecule has 162 valence electrons. The number of methoxy groups -OCH3 is 1. The lowest BCUT2D eigenvalue weighted by molar-refractivity contribution is 0.185. The summed E-state index contributed by atoms with van der Waals surface area (Å²) in [5.74, 6) is 1.63. The Morgan fingerprint density at radius 1 is 0.938 bits per heavy atom. The van der Waals surface area contributed by atoms with Gasteiger partial charge in [-0.1, -0.05) is 48.5 Å². The predicted octanol–water partition coefficient (Wildman–Crippen LogP) is 6.09. The molecule has 7 heteroatoms. The summed E-state index contributed by atoms with van der Waals surface area (Å²) in [5.41, 5.74) is 10.4. The van der Waals surface area contributed by atoms with Crippen LogP contribution in [0.3, 0.4) is 0 Å². The zero-order chi connectivity index (χ0) is 22.3. The quantitative estimate of drug-likeness (QED) is 0.251. The van der Waals surface area contributed by atoms with Crippen molar-refractivity contribution in [2.24, 2.45) is 0 Å². The summed E-state index contributed by atoms with van der Waals surface area (Å²) >= 11 is 1.39. The molecule has 6 nitrogen and oxygen atoms in total. The lowest BCUT2D eigenvalue weighted by Crippen LogP contribution is -2.01. The normalized spacial score (nSPS) is 10.7. The average molecular weight is 445 g/mol. The smallest absolute Gasteiger partial charge is 0.237 e. The zero-order valence-electron chi connectivity index (χ0n) is 17.9. The molecule has 3 N–H and O–H groups in total. The van der Waals surface area contributed by atoms with E-state index in [1.54, 1.807) is 7.11 Å². The van der Waals surface area contributed by atoms with Crippen LogP contribution in [0.25, 0.3) is 11.3 Å². The number of hydrogen-bond donors (Lipinski definition) is 2. The van der Waals surface area contributed by atoms with Crippen molar-refractivity contribution in [1.29, 1.82) is 0 Å². The molecule has 0 saturated heterocycles. The minimum absolute atomic E-state index is 0.436. The van der Waals surface area contributed by atoms with E-state index in [0.29, 0.717) is 24.1 Å². The van der Waals surface area contributed by atoms with Crippen molar-refractivity contribution in [3.63, 3.8) is 0 Å². The maximum Gasteiger partial charge on any atom is 0.237 e. The molecule has 0 bridgehead atoms. The van der Waals surface area contributed by atoms with Crippen LogP contribution < -0.4 is 15.2 Å². The lowest BCUT2D eigenvalue weighted by atomic mass is 10.0. The highest BCUT2D eigenvalue weighted by atomic mass is 32.2. The number of anilines is 2. The van der Waals surface area contributed by atoms with Crippen molar-refractivity contribution >= 4 is 23.6 Å². The van der Waals surface area contributed by atoms with Crippen LogP contribution in [0.2, 0.25) is 0 Å². The van der Waals surface area contributed by atoms with Crippen LogP contribution in [0, 0.1) is 6.92 Å². The number of benzene rings is 3. The number of nitrogens with one attached hydrogen (secondary N) is 1. The van der Waals surface area contributed by atoms with Gasteiger partial charge in [-0.05, 0) is 54.3 Å². The van der Waals surface area contributed by atoms with Crippen LogP contribution in [0.1, 0.15) is 11.1 Å². The van der Waals surface area contributed by atoms with Gasteiger partial charge in [-0.3, -0.25) is 4.72 Å². The van der Waals surface area contributed by atoms with Crippen molar-refractivity contribution in [3.05, 3.63) is 90.0 Å². The predicted molar refractivity (Wildman–Crippen MR) is 130 cm³/mol. The van der Waals surface area contributed by atoms with E-state index in [9.17, 15) is 0 Å². The summed E-state index contributed by atoms with van der Waals surface area (Å²) in [5, 5.41) is 0. The highest BCUT2D eigenvalue weighted by Gasteiger charge is 2.13. The van der Waals surface area contributed by atoms with E-state index in [1.807, 2.05) is 85.8 Å². The van der Waals surface area contributed by atoms with Crippen LogP contribution in [-0.4, -0.2) is 17.1 Å². The summed E-state index contributed by atoms with van der Waals surface area (Å²) in [7, 11) is 1.68. The largest absolute Gasteiger partial charge is 0.439 e. The number of para-hydroxylation sites is 1. The van der Waals surface area contributed by atoms with Crippen LogP contribution >= 0.6 is 11.9 Å². The molecule has 0 amide bonds. The fourth-order valence-electron chi connectivity index (χ4n) is 3.18. The summed E-state index contributed by atoms with van der Waals surface area (Å²) in [6.45, 7) is 2.48. The Morgan fingerprint density at radius 2 is 1.75 bits per heavy atom. The maximum absolute atomic E-state index is 6.13. The number of hydrogen-bond acceptors (Lipinski definition) is 7. The number of aryl methyl sites for hydroxylation is 1. The molecule has 0 fully saturated rings. The third-order valence-corrected chi connectivity index (χ3v) is 5.50. The van der Waals surface area contributed by atoms with Gasteiger partial charge < -0.3 is 15.2 Å². The molecular weight excluding hydrogens is 420 g/mol. The Bertz CT molecular complexity index is 1220. The molecule has 4 aromatic rings. The zero-order valence-corrected chi connectivity index (χ0v) is 18.7. The number of nitrogen functional groups attached to an aromatic ring is 1. The second-order valence-corrected chi connectivity index (χ2v) is 8.03. The molecule has 4 rings (SSSR count). The minimum atomic E-state index is 0.436. The second-order valence-electron chi connectivity index (χ2n) is 7.15. The fraction of sp³-hybridized carbons (Fsp3) is 0.120. The molecule has 1 aromatic heterocycles. The molecule has 0 atom stereocenters. The molecule has 0 spiro atoms. The lowest BCUT2D eigenvalue weighted by Gasteiger charge is -2.13. The molecule has 0 aliphatic heterocycles. The first-order valence-electron chi connectivity index (χ1n) is 10.1. The van der Waals surface area contributed by atoms with Gasteiger partial charge in [-0.2, -0.15) is 4.98 Å². The van der Waals surface area contributed by atoms with Gasteiger partial charge in [0.05, 0.1) is 12.3 Å². The molecule has 0 aliphatic carbocycles. The van der Waals surface area contributed by atoms with Gasteiger partial charge in [0.2, 0.25) is 11.8 Å². The van der Waals surface area contributed by atoms with E-state index in [0.717, 1.165) is 33.0 Å². The Morgan fingerprint density at radius 3 is 2.56 bits per heavy atom. The van der Waals surface area contributed by atoms with Crippen LogP contribution in [0.15, 0.2) is 83.8 Å². The van der Waals surface area contributed by atoms with E-state index in [4.69, 9.17) is 20.2 Å². The number of nitrogens with two attached hydrogens (primary N) is 1. The minimum Gasteiger partial charge on any atom is -0.439 e. The van der Waals surface area contributed by atoms with Gasteiger partial charge in [0.15, 0.2) is 0 Å². The van der Waals surface area contributed by atoms with Crippen molar-refractivity contribution in [2.45, 2.75) is 18.4 Å². The van der Waals surface area contributed by atoms with Gasteiger partial charge in [0.1, 0.15) is 5.75 Å². The molecular formula is C25H24N4O2S. The Labute approximate surface area is 192 Å². The molecule has 0 radical (unpaired) electrons. The van der Waals surface area contributed by atoms with E-state index < -0.39 is 0 Å². The maximum atomic E-state index is 6.13. The molecule has 32 heavy (non-hydrogen) atoms. The summed E-state index contributed by atoms with van der Waals surface area (Å²) < 4.78 is 14.7. The highest BCUT2D eigenvalue weighted by Crippen LogP contribution is 2.31. The summed E-state index contributed by atoms with van der Waals surface area (Å²) in [6, 6.07) is 25.3. The van der Waals surface area contributed by atoms with Gasteiger partial charge in [-0.15, -0.1) is 0 Å². The molecule has 0 unspecified atom stereocenters. The average Bonchev–Trinajstić information content (AvgIpc) is 2.80. The SMILES string of the molecule is COCc1ccccc1-c1cc(Oc2ccccc2C)nc(NSc2cccc(N)c2)n1. The Hall–Kier alpha value is -3.55. The number of aromatic nitrogens is 2. The van der Waals surface area contributed by atoms with Crippen LogP contribution in [0.5, 0.6) is 11.6 Å². The highest BCUT2D eigenvalue weighted by molar-refractivity contribution is 8.00. The monoisotopic (exact) mass is 444 g/mol. The first-order valence-corrected chi connectivity index (χ1v) is 10.9.